The van der Waals surface area contributed by atoms with Crippen LogP contribution in [0.5, 0.6) is 5.75 Å². The summed E-state index contributed by atoms with van der Waals surface area (Å²) in [5.41, 5.74) is 4.31. The van der Waals surface area contributed by atoms with Gasteiger partial charge in [-0.2, -0.15) is 5.10 Å². The van der Waals surface area contributed by atoms with Gasteiger partial charge >= 0.3 is 0 Å². The summed E-state index contributed by atoms with van der Waals surface area (Å²) in [5.74, 6) is 1.16. The van der Waals surface area contributed by atoms with Gasteiger partial charge in [-0.05, 0) is 47.5 Å². The maximum Gasteiger partial charge on any atom is 0.248 e. The second-order valence-corrected chi connectivity index (χ2v) is 7.16. The molecule has 31 heavy (non-hydrogen) atoms. The first-order valence-electron chi connectivity index (χ1n) is 9.51. The van der Waals surface area contributed by atoms with Gasteiger partial charge in [0.25, 0.3) is 0 Å². The maximum absolute atomic E-state index is 5.99. The molecule has 0 aliphatic heterocycles. The number of fused-ring (bicyclic) bond motifs is 1. The van der Waals surface area contributed by atoms with Crippen LogP contribution in [-0.2, 0) is 6.61 Å². The minimum absolute atomic E-state index is 0.359. The normalized spacial score (nSPS) is 11.7. The van der Waals surface area contributed by atoms with Crippen molar-refractivity contribution in [3.8, 4) is 5.75 Å². The van der Waals surface area contributed by atoms with Crippen LogP contribution >= 0.6 is 11.6 Å². The highest BCUT2D eigenvalue weighted by atomic mass is 35.5. The van der Waals surface area contributed by atoms with E-state index in [0.717, 1.165) is 33.8 Å². The van der Waals surface area contributed by atoms with Crippen molar-refractivity contribution in [3.63, 3.8) is 0 Å². The molecule has 7 nitrogen and oxygen atoms in total. The highest BCUT2D eigenvalue weighted by molar-refractivity contribution is 6.30. The molecule has 0 bridgehead atoms. The Hall–Kier alpha value is -3.97. The average Bonchev–Trinajstić information content (AvgIpc) is 3.49. The van der Waals surface area contributed by atoms with Gasteiger partial charge in [-0.25, -0.2) is 9.50 Å². The Morgan fingerprint density at radius 1 is 1.03 bits per heavy atom. The Kier molecular flexibility index (Phi) is 5.16. The number of ether oxygens (including phenoxy) is 1. The van der Waals surface area contributed by atoms with E-state index in [9.17, 15) is 0 Å². The van der Waals surface area contributed by atoms with Crippen LogP contribution in [0.4, 0.5) is 0 Å². The Morgan fingerprint density at radius 3 is 2.65 bits per heavy atom. The molecule has 2 aromatic carbocycles. The predicted molar refractivity (Wildman–Crippen MR) is 116 cm³/mol. The van der Waals surface area contributed by atoms with Gasteiger partial charge in [-0.3, -0.25) is 0 Å². The number of nitrogens with zero attached hydrogens (tertiary/aromatic N) is 5. The topological polar surface area (TPSA) is 78.3 Å². The first-order valence-corrected chi connectivity index (χ1v) is 9.89. The lowest BCUT2D eigenvalue weighted by atomic mass is 10.0. The van der Waals surface area contributed by atoms with Crippen molar-refractivity contribution in [2.75, 3.05) is 0 Å². The van der Waals surface area contributed by atoms with Gasteiger partial charge in [-0.15, -0.1) is 10.2 Å². The van der Waals surface area contributed by atoms with Crippen LogP contribution in [0.1, 0.15) is 22.7 Å². The second-order valence-electron chi connectivity index (χ2n) is 6.72. The molecule has 0 unspecified atom stereocenters. The molecule has 0 N–H and O–H groups in total. The molecule has 0 amide bonds. The zero-order valence-electron chi connectivity index (χ0n) is 16.2. The number of rotatable bonds is 6. The molecule has 0 saturated heterocycles. The van der Waals surface area contributed by atoms with E-state index >= 15 is 0 Å². The van der Waals surface area contributed by atoms with Gasteiger partial charge in [0.1, 0.15) is 12.4 Å². The Morgan fingerprint density at radius 2 is 1.87 bits per heavy atom. The summed E-state index contributed by atoms with van der Waals surface area (Å²) in [7, 11) is 0. The third-order valence-electron chi connectivity index (χ3n) is 4.64. The minimum atomic E-state index is 0.359. The first-order chi connectivity index (χ1) is 15.2. The lowest BCUT2D eigenvalue weighted by Gasteiger charge is -2.08. The highest BCUT2D eigenvalue weighted by Crippen LogP contribution is 2.27. The molecule has 0 aliphatic rings. The molecule has 0 spiro atoms. The maximum atomic E-state index is 5.99. The largest absolute Gasteiger partial charge is 0.487 e. The molecule has 0 atom stereocenters. The van der Waals surface area contributed by atoms with Crippen LogP contribution < -0.4 is 4.74 Å². The van der Waals surface area contributed by atoms with E-state index in [1.807, 2.05) is 72.9 Å². The van der Waals surface area contributed by atoms with Gasteiger partial charge in [0.2, 0.25) is 12.3 Å². The zero-order chi connectivity index (χ0) is 21.0. The van der Waals surface area contributed by atoms with E-state index in [4.69, 9.17) is 20.8 Å². The van der Waals surface area contributed by atoms with Crippen LogP contribution in [0, 0.1) is 0 Å². The van der Waals surface area contributed by atoms with Gasteiger partial charge in [0, 0.05) is 22.9 Å². The quantitative estimate of drug-likeness (QED) is 0.356. The lowest BCUT2D eigenvalue weighted by molar-refractivity contribution is 0.301. The van der Waals surface area contributed by atoms with Gasteiger partial charge in [-0.1, -0.05) is 35.9 Å². The summed E-state index contributed by atoms with van der Waals surface area (Å²) >= 11 is 5.99. The minimum Gasteiger partial charge on any atom is -0.487 e. The molecule has 3 heterocycles. The summed E-state index contributed by atoms with van der Waals surface area (Å²) in [5, 5.41) is 12.7. The lowest BCUT2D eigenvalue weighted by Crippen LogP contribution is -2.00. The van der Waals surface area contributed by atoms with Gasteiger partial charge < -0.3 is 9.15 Å². The fraction of sp³-hybridized carbons (Fsp3) is 0.0435. The molecule has 3 aromatic heterocycles. The van der Waals surface area contributed by atoms with E-state index in [2.05, 4.69) is 20.3 Å². The summed E-state index contributed by atoms with van der Waals surface area (Å²) in [6.07, 6.45) is 6.86. The molecule has 0 aliphatic carbocycles. The van der Waals surface area contributed by atoms with Crippen molar-refractivity contribution in [2.45, 2.75) is 6.61 Å². The number of hydrogen-bond acceptors (Lipinski definition) is 6. The van der Waals surface area contributed by atoms with Gasteiger partial charge in [0.05, 0.1) is 11.9 Å². The smallest absolute Gasteiger partial charge is 0.248 e. The molecule has 5 aromatic rings. The SMILES string of the molecule is Clc1ccc(/C=C(/c2ccc(OCc3ccn4nccc4n3)cc2)c2nnco2)cc1. The van der Waals surface area contributed by atoms with E-state index in [0.29, 0.717) is 17.5 Å². The highest BCUT2D eigenvalue weighted by Gasteiger charge is 2.11. The standard InChI is InChI=1S/C23H16ClN5O2/c24-18-5-1-16(2-6-18)13-21(23-28-25-15-31-23)17-3-7-20(8-4-17)30-14-19-10-12-29-22(27-19)9-11-26-29/h1-13,15H,14H2/b21-13-. The fourth-order valence-electron chi connectivity index (χ4n) is 3.10. The average molecular weight is 430 g/mol. The summed E-state index contributed by atoms with van der Waals surface area (Å²) in [6, 6.07) is 19.0. The van der Waals surface area contributed by atoms with Crippen LogP contribution in [0.2, 0.25) is 5.02 Å². The van der Waals surface area contributed by atoms with Crippen molar-refractivity contribution in [3.05, 3.63) is 107 Å². The van der Waals surface area contributed by atoms with E-state index < -0.39 is 0 Å². The van der Waals surface area contributed by atoms with Crippen LogP contribution in [0.3, 0.4) is 0 Å². The van der Waals surface area contributed by atoms with Crippen molar-refractivity contribution in [1.82, 2.24) is 24.8 Å². The van der Waals surface area contributed by atoms with Crippen LogP contribution in [0.25, 0.3) is 17.3 Å². The first kappa shape index (κ1) is 19.0. The number of aromatic nitrogens is 5. The molecule has 0 fully saturated rings. The third kappa shape index (κ3) is 4.31. The van der Waals surface area contributed by atoms with E-state index in [1.165, 1.54) is 6.39 Å². The molecule has 5 rings (SSSR count). The van der Waals surface area contributed by atoms with Crippen LogP contribution in [-0.4, -0.2) is 24.8 Å². The Labute approximate surface area is 182 Å². The molecule has 152 valence electrons. The molecule has 0 saturated carbocycles. The summed E-state index contributed by atoms with van der Waals surface area (Å²) < 4.78 is 13.1. The van der Waals surface area contributed by atoms with E-state index in [-0.39, 0.29) is 0 Å². The zero-order valence-corrected chi connectivity index (χ0v) is 17.0. The third-order valence-corrected chi connectivity index (χ3v) is 4.89. The van der Waals surface area contributed by atoms with Gasteiger partial charge in [0.15, 0.2) is 5.65 Å². The van der Waals surface area contributed by atoms with Crippen LogP contribution in [0.15, 0.2) is 83.9 Å². The summed E-state index contributed by atoms with van der Waals surface area (Å²) in [4.78, 5) is 4.51. The molecule has 8 heteroatoms. The number of hydrogen-bond donors (Lipinski definition) is 0. The van der Waals surface area contributed by atoms with Crippen molar-refractivity contribution in [1.29, 1.82) is 0 Å². The number of benzene rings is 2. The molecular formula is C23H16ClN5O2. The van der Waals surface area contributed by atoms with E-state index in [1.54, 1.807) is 10.7 Å². The summed E-state index contributed by atoms with van der Waals surface area (Å²) in [6.45, 7) is 0.359. The monoisotopic (exact) mass is 429 g/mol. The van der Waals surface area contributed by atoms with Crippen molar-refractivity contribution >= 4 is 28.9 Å². The molecular weight excluding hydrogens is 414 g/mol. The predicted octanol–water partition coefficient (Wildman–Crippen LogP) is 4.93. The Balaban J connectivity index is 1.36. The fourth-order valence-corrected chi connectivity index (χ4v) is 3.23. The van der Waals surface area contributed by atoms with Crippen molar-refractivity contribution in [2.24, 2.45) is 0 Å². The Bertz CT molecular complexity index is 1330. The molecule has 0 radical (unpaired) electrons. The second kappa shape index (κ2) is 8.41. The van der Waals surface area contributed by atoms with Crippen molar-refractivity contribution < 1.29 is 9.15 Å². The number of halogens is 1.